The molecule has 9 heteroatoms. The minimum atomic E-state index is -1.31. The molecule has 0 saturated heterocycles. The third-order valence-corrected chi connectivity index (χ3v) is 2.98. The maximum absolute atomic E-state index is 11.8. The molecule has 0 aliphatic carbocycles. The number of hydrogen-bond donors (Lipinski definition) is 6. The van der Waals surface area contributed by atoms with Gasteiger partial charge in [-0.05, 0) is 25.1 Å². The lowest BCUT2D eigenvalue weighted by molar-refractivity contribution is -0.0480. The average Bonchev–Trinajstić information content (AvgIpc) is 2.56. The van der Waals surface area contributed by atoms with Crippen molar-refractivity contribution in [1.29, 1.82) is 0 Å². The molecule has 0 aromatic heterocycles. The van der Waals surface area contributed by atoms with Crippen LogP contribution in [0.3, 0.4) is 0 Å². The Morgan fingerprint density at radius 2 is 1.83 bits per heavy atom. The Kier molecular flexibility index (Phi) is 7.29. The van der Waals surface area contributed by atoms with Crippen LogP contribution in [0.15, 0.2) is 29.4 Å². The molecule has 3 atom stereocenters. The van der Waals surface area contributed by atoms with Gasteiger partial charge in [0.05, 0.1) is 12.2 Å². The molecule has 0 heterocycles. The molecule has 1 aromatic carbocycles. The van der Waals surface area contributed by atoms with E-state index in [0.29, 0.717) is 0 Å². The summed E-state index contributed by atoms with van der Waals surface area (Å²) in [4.78, 5) is 23.1. The summed E-state index contributed by atoms with van der Waals surface area (Å²) in [5.74, 6) is -1.35. The molecule has 0 spiro atoms. The van der Waals surface area contributed by atoms with Gasteiger partial charge in [0.2, 0.25) is 0 Å². The van der Waals surface area contributed by atoms with E-state index in [-0.39, 0.29) is 17.5 Å². The maximum atomic E-state index is 11.8. The van der Waals surface area contributed by atoms with Crippen molar-refractivity contribution in [3.63, 3.8) is 0 Å². The predicted molar refractivity (Wildman–Crippen MR) is 80.0 cm³/mol. The van der Waals surface area contributed by atoms with Gasteiger partial charge in [0.15, 0.2) is 0 Å². The average molecular weight is 325 g/mol. The Hall–Kier alpha value is -2.33. The van der Waals surface area contributed by atoms with E-state index in [1.165, 1.54) is 42.9 Å². The van der Waals surface area contributed by atoms with Crippen molar-refractivity contribution in [1.82, 2.24) is 10.9 Å². The van der Waals surface area contributed by atoms with Gasteiger partial charge in [-0.2, -0.15) is 5.10 Å². The summed E-state index contributed by atoms with van der Waals surface area (Å²) in [6.45, 7) is 1.34. The molecule has 0 unspecified atom stereocenters. The molecule has 9 nitrogen and oxygen atoms in total. The van der Waals surface area contributed by atoms with Crippen LogP contribution >= 0.6 is 0 Å². The smallest absolute Gasteiger partial charge is 0.274 e. The first-order chi connectivity index (χ1) is 10.9. The summed E-state index contributed by atoms with van der Waals surface area (Å²) < 4.78 is 0. The zero-order valence-corrected chi connectivity index (χ0v) is 12.4. The highest BCUT2D eigenvalue weighted by molar-refractivity contribution is 5.99. The van der Waals surface area contributed by atoms with Crippen molar-refractivity contribution in [3.8, 4) is 0 Å². The number of amides is 2. The summed E-state index contributed by atoms with van der Waals surface area (Å²) in [5.41, 5.74) is 3.89. The molecule has 0 radical (unpaired) electrons. The number of hydroxylamine groups is 1. The molecule has 0 bridgehead atoms. The van der Waals surface area contributed by atoms with Gasteiger partial charge < -0.3 is 15.3 Å². The van der Waals surface area contributed by atoms with Gasteiger partial charge in [-0.3, -0.25) is 14.8 Å². The number of hydrazone groups is 1. The molecular formula is C14H19N3O6. The van der Waals surface area contributed by atoms with Gasteiger partial charge in [0.25, 0.3) is 11.8 Å². The van der Waals surface area contributed by atoms with Gasteiger partial charge in [-0.15, -0.1) is 0 Å². The number of hydrogen-bond acceptors (Lipinski definition) is 7. The molecule has 23 heavy (non-hydrogen) atoms. The Labute approximate surface area is 132 Å². The SMILES string of the molecule is C[C@@H](O)[C@@H](O)[C@@H](O)C/C=N/NC(=O)c1cccc(C(=O)NO)c1. The maximum Gasteiger partial charge on any atom is 0.274 e. The lowest BCUT2D eigenvalue weighted by atomic mass is 10.1. The molecule has 126 valence electrons. The minimum Gasteiger partial charge on any atom is -0.391 e. The summed E-state index contributed by atoms with van der Waals surface area (Å²) in [5, 5.41) is 40.1. The highest BCUT2D eigenvalue weighted by Gasteiger charge is 2.20. The first-order valence-corrected chi connectivity index (χ1v) is 6.77. The lowest BCUT2D eigenvalue weighted by Gasteiger charge is -2.18. The molecule has 0 fully saturated rings. The molecule has 2 amide bonds. The predicted octanol–water partition coefficient (Wildman–Crippen LogP) is -0.986. The van der Waals surface area contributed by atoms with E-state index >= 15 is 0 Å². The van der Waals surface area contributed by atoms with Crippen LogP contribution in [0.1, 0.15) is 34.1 Å². The number of carbonyl (C=O) groups excluding carboxylic acids is 2. The van der Waals surface area contributed by atoms with Crippen LogP contribution in [0.2, 0.25) is 0 Å². The summed E-state index contributed by atoms with van der Waals surface area (Å²) >= 11 is 0. The van der Waals surface area contributed by atoms with E-state index in [4.69, 9.17) is 10.3 Å². The fourth-order valence-corrected chi connectivity index (χ4v) is 1.66. The molecule has 6 N–H and O–H groups in total. The zero-order valence-electron chi connectivity index (χ0n) is 12.4. The topological polar surface area (TPSA) is 151 Å². The molecule has 1 aromatic rings. The van der Waals surface area contributed by atoms with Crippen molar-refractivity contribution in [2.24, 2.45) is 5.10 Å². The van der Waals surface area contributed by atoms with Crippen LogP contribution in [-0.2, 0) is 0 Å². The van der Waals surface area contributed by atoms with Crippen LogP contribution < -0.4 is 10.9 Å². The first-order valence-electron chi connectivity index (χ1n) is 6.77. The highest BCUT2D eigenvalue weighted by Crippen LogP contribution is 2.05. The Morgan fingerprint density at radius 3 is 2.39 bits per heavy atom. The second-order valence-corrected chi connectivity index (χ2v) is 4.81. The number of rotatable bonds is 7. The van der Waals surface area contributed by atoms with Gasteiger partial charge in [-0.25, -0.2) is 10.9 Å². The molecule has 1 rings (SSSR count). The number of aliphatic hydroxyl groups excluding tert-OH is 3. The van der Waals surface area contributed by atoms with Crippen molar-refractivity contribution in [2.45, 2.75) is 31.7 Å². The molecule has 0 saturated carbocycles. The fourth-order valence-electron chi connectivity index (χ4n) is 1.66. The van der Waals surface area contributed by atoms with E-state index < -0.39 is 30.1 Å². The minimum absolute atomic E-state index is 0.0701. The standard InChI is InChI=1S/C14H19N3O6/c1-8(18)12(20)11(19)5-6-15-16-13(21)9-3-2-4-10(7-9)14(22)17-23/h2-4,6-8,11-12,18-20,23H,5H2,1H3,(H,16,21)(H,17,22)/b15-6+/t8-,11+,12-/m1/s1. The second kappa shape index (κ2) is 8.96. The number of carbonyl (C=O) groups is 2. The van der Waals surface area contributed by atoms with E-state index in [1.54, 1.807) is 0 Å². The molecule has 0 aliphatic rings. The van der Waals surface area contributed by atoms with E-state index in [0.717, 1.165) is 0 Å². The van der Waals surface area contributed by atoms with Crippen molar-refractivity contribution in [3.05, 3.63) is 35.4 Å². The third-order valence-electron chi connectivity index (χ3n) is 2.98. The summed E-state index contributed by atoms with van der Waals surface area (Å²) in [7, 11) is 0. The largest absolute Gasteiger partial charge is 0.391 e. The Morgan fingerprint density at radius 1 is 1.22 bits per heavy atom. The van der Waals surface area contributed by atoms with E-state index in [2.05, 4.69) is 10.5 Å². The number of nitrogens with one attached hydrogen (secondary N) is 2. The second-order valence-electron chi connectivity index (χ2n) is 4.81. The van der Waals surface area contributed by atoms with Crippen LogP contribution in [-0.4, -0.2) is 56.9 Å². The fraction of sp³-hybridized carbons (Fsp3) is 0.357. The monoisotopic (exact) mass is 325 g/mol. The first kappa shape index (κ1) is 18.7. The summed E-state index contributed by atoms with van der Waals surface area (Å²) in [6, 6.07) is 5.60. The van der Waals surface area contributed by atoms with Gasteiger partial charge in [-0.1, -0.05) is 6.07 Å². The van der Waals surface area contributed by atoms with Gasteiger partial charge >= 0.3 is 0 Å². The third kappa shape index (κ3) is 5.75. The van der Waals surface area contributed by atoms with Gasteiger partial charge in [0, 0.05) is 23.8 Å². The van der Waals surface area contributed by atoms with E-state index in [9.17, 15) is 19.8 Å². The number of nitrogens with zero attached hydrogens (tertiary/aromatic N) is 1. The van der Waals surface area contributed by atoms with Crippen LogP contribution in [0.25, 0.3) is 0 Å². The normalized spacial score (nSPS) is 15.0. The lowest BCUT2D eigenvalue weighted by Crippen LogP contribution is -2.35. The zero-order chi connectivity index (χ0) is 17.4. The number of benzene rings is 1. The van der Waals surface area contributed by atoms with Crippen LogP contribution in [0.4, 0.5) is 0 Å². The Balaban J connectivity index is 2.57. The van der Waals surface area contributed by atoms with Crippen molar-refractivity contribution < 1.29 is 30.1 Å². The van der Waals surface area contributed by atoms with Crippen molar-refractivity contribution >= 4 is 18.0 Å². The van der Waals surface area contributed by atoms with Crippen molar-refractivity contribution in [2.75, 3.05) is 0 Å². The quantitative estimate of drug-likeness (QED) is 0.215. The van der Waals surface area contributed by atoms with Crippen LogP contribution in [0.5, 0.6) is 0 Å². The number of aliphatic hydroxyl groups is 3. The molecule has 0 aliphatic heterocycles. The summed E-state index contributed by atoms with van der Waals surface area (Å²) in [6.07, 6.45) is -2.51. The molecular weight excluding hydrogens is 306 g/mol. The van der Waals surface area contributed by atoms with Gasteiger partial charge in [0.1, 0.15) is 6.10 Å². The van der Waals surface area contributed by atoms with E-state index in [1.807, 2.05) is 0 Å². The highest BCUT2D eigenvalue weighted by atomic mass is 16.5. The van der Waals surface area contributed by atoms with Crippen LogP contribution in [0, 0.1) is 0 Å². The Bertz CT molecular complexity index is 575.